The maximum atomic E-state index is 13.5. The Morgan fingerprint density at radius 3 is 2.56 bits per heavy atom. The molecule has 0 aliphatic carbocycles. The smallest absolute Gasteiger partial charge is 0.338 e. The van der Waals surface area contributed by atoms with Crippen LogP contribution in [0.2, 0.25) is 5.02 Å². The second-order valence-corrected chi connectivity index (χ2v) is 9.95. The van der Waals surface area contributed by atoms with Gasteiger partial charge in [-0.15, -0.1) is 0 Å². The molecule has 0 saturated carbocycles. The maximum Gasteiger partial charge on any atom is 0.338 e. The summed E-state index contributed by atoms with van der Waals surface area (Å²) in [7, 11) is 0. The zero-order chi connectivity index (χ0) is 25.1. The molecule has 2 aromatic rings. The molecule has 5 rings (SSSR count). The molecule has 0 unspecified atom stereocenters. The summed E-state index contributed by atoms with van der Waals surface area (Å²) in [6.45, 7) is 4.23. The van der Waals surface area contributed by atoms with E-state index in [0.29, 0.717) is 42.6 Å². The number of nitrogens with zero attached hydrogens (tertiary/aromatic N) is 3. The normalized spacial score (nSPS) is 19.6. The molecule has 0 aromatic heterocycles. The first-order valence-electron chi connectivity index (χ1n) is 11.8. The largest absolute Gasteiger partial charge is 0.457 e. The lowest BCUT2D eigenvalue weighted by Crippen LogP contribution is -2.42. The minimum atomic E-state index is -0.489. The zero-order valence-electron chi connectivity index (χ0n) is 19.9. The summed E-state index contributed by atoms with van der Waals surface area (Å²) in [6.07, 6.45) is 0.210. The van der Waals surface area contributed by atoms with Gasteiger partial charge in [0.2, 0.25) is 5.91 Å². The summed E-state index contributed by atoms with van der Waals surface area (Å²) in [5, 5.41) is 3.29. The van der Waals surface area contributed by atoms with Gasteiger partial charge in [0.1, 0.15) is 6.61 Å². The van der Waals surface area contributed by atoms with Crippen LogP contribution in [0.5, 0.6) is 0 Å². The molecule has 2 aromatic carbocycles. The van der Waals surface area contributed by atoms with E-state index in [1.165, 1.54) is 11.8 Å². The molecule has 9 heteroatoms. The summed E-state index contributed by atoms with van der Waals surface area (Å²) < 4.78 is 11.1. The number of hydrogen-bond donors (Lipinski definition) is 0. The molecular weight excluding hydrogens is 498 g/mol. The Kier molecular flexibility index (Phi) is 7.46. The molecule has 1 fully saturated rings. The highest BCUT2D eigenvalue weighted by Gasteiger charge is 2.41. The van der Waals surface area contributed by atoms with Crippen molar-refractivity contribution < 1.29 is 19.1 Å². The summed E-state index contributed by atoms with van der Waals surface area (Å²) in [6, 6.07) is 16.5. The average Bonchev–Trinajstić information content (AvgIpc) is 3.30. The first-order valence-corrected chi connectivity index (χ1v) is 13.0. The number of amides is 1. The predicted molar refractivity (Wildman–Crippen MR) is 140 cm³/mol. The van der Waals surface area contributed by atoms with Crippen LogP contribution in [0, 0.1) is 0 Å². The van der Waals surface area contributed by atoms with Crippen LogP contribution in [0.15, 0.2) is 82.0 Å². The van der Waals surface area contributed by atoms with Crippen LogP contribution in [0.1, 0.15) is 30.5 Å². The van der Waals surface area contributed by atoms with E-state index in [1.807, 2.05) is 64.6 Å². The van der Waals surface area contributed by atoms with Crippen LogP contribution in [0.3, 0.4) is 0 Å². The lowest BCUT2D eigenvalue weighted by atomic mass is 9.94. The summed E-state index contributed by atoms with van der Waals surface area (Å²) in [5.41, 5.74) is 3.62. The van der Waals surface area contributed by atoms with Gasteiger partial charge < -0.3 is 19.3 Å². The second-order valence-electron chi connectivity index (χ2n) is 8.68. The Labute approximate surface area is 219 Å². The first kappa shape index (κ1) is 24.6. The number of ether oxygens (including phenoxy) is 2. The summed E-state index contributed by atoms with van der Waals surface area (Å²) in [5.74, 6) is -0.407. The van der Waals surface area contributed by atoms with Gasteiger partial charge in [-0.2, -0.15) is 0 Å². The standard InChI is InChI=1S/C27H26ClN3O4S/c1-18-24(26(33)35-16-19-5-3-2-4-6-19)25(20-7-9-21(28)10-8-20)31-22(17-36-27(31)29-18)15-23(32)30-11-13-34-14-12-30/h2-10,17,25H,11-16H2,1H3/t25-/m0/s1. The lowest BCUT2D eigenvalue weighted by molar-refractivity contribution is -0.141. The molecule has 0 spiro atoms. The van der Waals surface area contributed by atoms with E-state index in [0.717, 1.165) is 22.0 Å². The fourth-order valence-corrected chi connectivity index (χ4v) is 5.56. The third-order valence-corrected chi connectivity index (χ3v) is 7.46. The number of halogens is 1. The molecule has 0 bridgehead atoms. The number of benzene rings is 2. The minimum absolute atomic E-state index is 0.0285. The van der Waals surface area contributed by atoms with Crippen LogP contribution < -0.4 is 0 Å². The molecule has 3 aliphatic rings. The molecule has 7 nitrogen and oxygen atoms in total. The average molecular weight is 524 g/mol. The highest BCUT2D eigenvalue weighted by molar-refractivity contribution is 8.16. The maximum absolute atomic E-state index is 13.5. The van der Waals surface area contributed by atoms with Gasteiger partial charge in [-0.05, 0) is 35.6 Å². The SMILES string of the molecule is CC1=C(C(=O)OCc2ccccc2)[C@H](c2ccc(Cl)cc2)N2C(CC(=O)N3CCOCC3)=CSC2=N1. The molecule has 1 atom stereocenters. The number of fused-ring (bicyclic) bond motifs is 1. The van der Waals surface area contributed by atoms with Crippen LogP contribution in [-0.4, -0.2) is 53.1 Å². The molecular formula is C27H26ClN3O4S. The van der Waals surface area contributed by atoms with Crippen molar-refractivity contribution in [2.45, 2.75) is 26.0 Å². The van der Waals surface area contributed by atoms with Crippen molar-refractivity contribution in [2.24, 2.45) is 4.99 Å². The number of aliphatic imine (C=N–C) groups is 1. The number of amidine groups is 1. The molecule has 3 heterocycles. The fourth-order valence-electron chi connectivity index (χ4n) is 4.47. The number of rotatable bonds is 6. The molecule has 36 heavy (non-hydrogen) atoms. The van der Waals surface area contributed by atoms with Gasteiger partial charge in [0.15, 0.2) is 5.17 Å². The van der Waals surface area contributed by atoms with E-state index >= 15 is 0 Å². The number of hydrogen-bond acceptors (Lipinski definition) is 7. The topological polar surface area (TPSA) is 71.4 Å². The number of morpholine rings is 1. The van der Waals surface area contributed by atoms with Crippen molar-refractivity contribution in [3.8, 4) is 0 Å². The molecule has 186 valence electrons. The molecule has 1 amide bonds. The fraction of sp³-hybridized carbons (Fsp3) is 0.296. The summed E-state index contributed by atoms with van der Waals surface area (Å²) >= 11 is 7.63. The first-order chi connectivity index (χ1) is 17.5. The van der Waals surface area contributed by atoms with E-state index < -0.39 is 12.0 Å². The van der Waals surface area contributed by atoms with Crippen LogP contribution >= 0.6 is 23.4 Å². The molecule has 1 saturated heterocycles. The molecule has 0 radical (unpaired) electrons. The van der Waals surface area contributed by atoms with Crippen molar-refractivity contribution >= 4 is 40.4 Å². The highest BCUT2D eigenvalue weighted by atomic mass is 35.5. The Bertz CT molecular complexity index is 1240. The Morgan fingerprint density at radius 2 is 1.83 bits per heavy atom. The monoisotopic (exact) mass is 523 g/mol. The number of carbonyl (C=O) groups is 2. The highest BCUT2D eigenvalue weighted by Crippen LogP contribution is 2.45. The van der Waals surface area contributed by atoms with E-state index in [2.05, 4.69) is 0 Å². The number of thioether (sulfide) groups is 1. The van der Waals surface area contributed by atoms with Gasteiger partial charge in [-0.25, -0.2) is 9.79 Å². The second kappa shape index (κ2) is 10.9. The number of esters is 1. The number of carbonyl (C=O) groups excluding carboxylic acids is 2. The number of allylic oxidation sites excluding steroid dienone is 1. The van der Waals surface area contributed by atoms with Crippen LogP contribution in [0.4, 0.5) is 0 Å². The van der Waals surface area contributed by atoms with E-state index in [-0.39, 0.29) is 18.9 Å². The van der Waals surface area contributed by atoms with Crippen molar-refractivity contribution in [3.05, 3.63) is 93.1 Å². The molecule has 0 N–H and O–H groups in total. The van der Waals surface area contributed by atoms with E-state index in [1.54, 1.807) is 12.1 Å². The lowest BCUT2D eigenvalue weighted by Gasteiger charge is -2.37. The van der Waals surface area contributed by atoms with E-state index in [4.69, 9.17) is 26.1 Å². The van der Waals surface area contributed by atoms with Gasteiger partial charge >= 0.3 is 5.97 Å². The van der Waals surface area contributed by atoms with Crippen molar-refractivity contribution in [2.75, 3.05) is 26.3 Å². The van der Waals surface area contributed by atoms with Gasteiger partial charge in [-0.3, -0.25) is 4.79 Å². The third kappa shape index (κ3) is 5.21. The quantitative estimate of drug-likeness (QED) is 0.501. The summed E-state index contributed by atoms with van der Waals surface area (Å²) in [4.78, 5) is 35.1. The van der Waals surface area contributed by atoms with Crippen molar-refractivity contribution in [3.63, 3.8) is 0 Å². The third-order valence-electron chi connectivity index (χ3n) is 6.32. The van der Waals surface area contributed by atoms with Crippen molar-refractivity contribution in [1.29, 1.82) is 0 Å². The predicted octanol–water partition coefficient (Wildman–Crippen LogP) is 4.91. The van der Waals surface area contributed by atoms with Crippen molar-refractivity contribution in [1.82, 2.24) is 9.80 Å². The van der Waals surface area contributed by atoms with Crippen LogP contribution in [-0.2, 0) is 25.7 Å². The van der Waals surface area contributed by atoms with Gasteiger partial charge in [-0.1, -0.05) is 65.8 Å². The Hall–Kier alpha value is -3.07. The Morgan fingerprint density at radius 1 is 1.11 bits per heavy atom. The molecule has 3 aliphatic heterocycles. The zero-order valence-corrected chi connectivity index (χ0v) is 21.4. The van der Waals surface area contributed by atoms with Gasteiger partial charge in [0.05, 0.1) is 36.9 Å². The Balaban J connectivity index is 1.45. The van der Waals surface area contributed by atoms with Gasteiger partial charge in [0, 0.05) is 23.8 Å². The van der Waals surface area contributed by atoms with Crippen LogP contribution in [0.25, 0.3) is 0 Å². The van der Waals surface area contributed by atoms with E-state index in [9.17, 15) is 9.59 Å². The minimum Gasteiger partial charge on any atom is -0.457 e. The van der Waals surface area contributed by atoms with Gasteiger partial charge in [0.25, 0.3) is 0 Å².